The first-order valence-electron chi connectivity index (χ1n) is 7.18. The van der Waals surface area contributed by atoms with Gasteiger partial charge in [0.2, 0.25) is 0 Å². The molecule has 0 unspecified atom stereocenters. The second-order valence-electron chi connectivity index (χ2n) is 6.34. The summed E-state index contributed by atoms with van der Waals surface area (Å²) in [6, 6.07) is 9.82. The Hall–Kier alpha value is -1.55. The van der Waals surface area contributed by atoms with Crippen molar-refractivity contribution < 1.29 is 9.53 Å². The van der Waals surface area contributed by atoms with Gasteiger partial charge in [0.15, 0.2) is 0 Å². The zero-order valence-corrected chi connectivity index (χ0v) is 12.5. The Balaban J connectivity index is 2.23. The maximum Gasteiger partial charge on any atom is 0.410 e. The smallest absolute Gasteiger partial charge is 0.410 e. The Labute approximate surface area is 120 Å². The van der Waals surface area contributed by atoms with E-state index in [0.29, 0.717) is 6.54 Å². The standard InChI is InChI=1S/C16H24N2O2/c1-16(2,3)20-15(19)18-11-7-10-13(17)14(18)12-8-5-4-6-9-12/h4-6,8-9,13-14H,7,10-11,17H2,1-3H3/t13-,14-/m1/s1. The molecule has 2 rings (SSSR count). The topological polar surface area (TPSA) is 55.6 Å². The summed E-state index contributed by atoms with van der Waals surface area (Å²) in [5.41, 5.74) is 6.84. The molecule has 4 heteroatoms. The molecule has 1 saturated heterocycles. The zero-order valence-electron chi connectivity index (χ0n) is 12.5. The lowest BCUT2D eigenvalue weighted by atomic mass is 9.91. The highest BCUT2D eigenvalue weighted by Crippen LogP contribution is 2.31. The van der Waals surface area contributed by atoms with Crippen LogP contribution in [0.1, 0.15) is 45.2 Å². The van der Waals surface area contributed by atoms with E-state index in [1.807, 2.05) is 51.1 Å². The van der Waals surface area contributed by atoms with Crippen LogP contribution < -0.4 is 5.73 Å². The lowest BCUT2D eigenvalue weighted by molar-refractivity contribution is 0.00646. The molecule has 1 aliphatic rings. The average Bonchev–Trinajstić information content (AvgIpc) is 2.37. The molecule has 2 N–H and O–H groups in total. The zero-order chi connectivity index (χ0) is 14.8. The second kappa shape index (κ2) is 5.83. The van der Waals surface area contributed by atoms with Crippen molar-refractivity contribution in [3.05, 3.63) is 35.9 Å². The van der Waals surface area contributed by atoms with Gasteiger partial charge < -0.3 is 10.5 Å². The molecule has 1 aliphatic heterocycles. The summed E-state index contributed by atoms with van der Waals surface area (Å²) in [6.45, 7) is 6.34. The quantitative estimate of drug-likeness (QED) is 0.857. The van der Waals surface area contributed by atoms with Crippen LogP contribution in [0.4, 0.5) is 4.79 Å². The summed E-state index contributed by atoms with van der Waals surface area (Å²) in [5, 5.41) is 0. The summed E-state index contributed by atoms with van der Waals surface area (Å²) in [5.74, 6) is 0. The van der Waals surface area contributed by atoms with Gasteiger partial charge in [-0.05, 0) is 39.2 Å². The third kappa shape index (κ3) is 3.51. The third-order valence-corrected chi connectivity index (χ3v) is 3.45. The van der Waals surface area contributed by atoms with Crippen molar-refractivity contribution in [2.75, 3.05) is 6.54 Å². The van der Waals surface area contributed by atoms with Crippen LogP contribution in [0, 0.1) is 0 Å². The summed E-state index contributed by atoms with van der Waals surface area (Å²) in [7, 11) is 0. The number of hydrogen-bond acceptors (Lipinski definition) is 3. The van der Waals surface area contributed by atoms with Crippen molar-refractivity contribution in [3.63, 3.8) is 0 Å². The predicted molar refractivity (Wildman–Crippen MR) is 79.3 cm³/mol. The minimum Gasteiger partial charge on any atom is -0.444 e. The first kappa shape index (κ1) is 14.9. The van der Waals surface area contributed by atoms with Crippen LogP contribution in [0.3, 0.4) is 0 Å². The number of amides is 1. The minimum absolute atomic E-state index is 0.0429. The highest BCUT2D eigenvalue weighted by atomic mass is 16.6. The van der Waals surface area contributed by atoms with Gasteiger partial charge in [-0.15, -0.1) is 0 Å². The largest absolute Gasteiger partial charge is 0.444 e. The normalized spacial score (nSPS) is 23.5. The van der Waals surface area contributed by atoms with Gasteiger partial charge in [0.25, 0.3) is 0 Å². The number of hydrogen-bond donors (Lipinski definition) is 1. The molecule has 0 radical (unpaired) electrons. The van der Waals surface area contributed by atoms with Gasteiger partial charge in [0.05, 0.1) is 6.04 Å². The van der Waals surface area contributed by atoms with E-state index in [0.717, 1.165) is 18.4 Å². The molecule has 1 fully saturated rings. The summed E-state index contributed by atoms with van der Waals surface area (Å²) < 4.78 is 5.51. The van der Waals surface area contributed by atoms with E-state index in [2.05, 4.69) is 0 Å². The summed E-state index contributed by atoms with van der Waals surface area (Å²) in [4.78, 5) is 14.2. The van der Waals surface area contributed by atoms with Gasteiger partial charge in [0.1, 0.15) is 5.60 Å². The first-order chi connectivity index (χ1) is 9.38. The van der Waals surface area contributed by atoms with Crippen LogP contribution in [0.15, 0.2) is 30.3 Å². The lowest BCUT2D eigenvalue weighted by Crippen LogP contribution is -2.49. The molecule has 0 spiro atoms. The van der Waals surface area contributed by atoms with Crippen LogP contribution >= 0.6 is 0 Å². The van der Waals surface area contributed by atoms with Gasteiger partial charge in [0, 0.05) is 12.6 Å². The summed E-state index contributed by atoms with van der Waals surface area (Å²) >= 11 is 0. The highest BCUT2D eigenvalue weighted by Gasteiger charge is 2.35. The molecule has 4 nitrogen and oxygen atoms in total. The fourth-order valence-electron chi connectivity index (χ4n) is 2.63. The Morgan fingerprint density at radius 1 is 1.30 bits per heavy atom. The minimum atomic E-state index is -0.486. The molecule has 20 heavy (non-hydrogen) atoms. The van der Waals surface area contributed by atoms with Crippen LogP contribution in [-0.4, -0.2) is 29.2 Å². The number of ether oxygens (including phenoxy) is 1. The molecule has 1 aromatic rings. The number of carbonyl (C=O) groups excluding carboxylic acids is 1. The molecule has 0 aliphatic carbocycles. The SMILES string of the molecule is CC(C)(C)OC(=O)N1CCC[C@@H](N)[C@H]1c1ccccc1. The maximum atomic E-state index is 12.4. The van der Waals surface area contributed by atoms with Crippen LogP contribution in [0.2, 0.25) is 0 Å². The van der Waals surface area contributed by atoms with Crippen LogP contribution in [-0.2, 0) is 4.74 Å². The van der Waals surface area contributed by atoms with Gasteiger partial charge in [-0.25, -0.2) is 4.79 Å². The number of likely N-dealkylation sites (tertiary alicyclic amines) is 1. The van der Waals surface area contributed by atoms with Crippen molar-refractivity contribution >= 4 is 6.09 Å². The number of carbonyl (C=O) groups is 1. The molecule has 0 aromatic heterocycles. The van der Waals surface area contributed by atoms with Crippen molar-refractivity contribution in [2.24, 2.45) is 5.73 Å². The molecule has 0 bridgehead atoms. The van der Waals surface area contributed by atoms with Gasteiger partial charge >= 0.3 is 6.09 Å². The number of nitrogens with two attached hydrogens (primary N) is 1. The lowest BCUT2D eigenvalue weighted by Gasteiger charge is -2.40. The Morgan fingerprint density at radius 3 is 2.55 bits per heavy atom. The molecule has 1 amide bonds. The van der Waals surface area contributed by atoms with Crippen LogP contribution in [0.25, 0.3) is 0 Å². The van der Waals surface area contributed by atoms with E-state index >= 15 is 0 Å². The van der Waals surface area contributed by atoms with E-state index in [-0.39, 0.29) is 18.2 Å². The van der Waals surface area contributed by atoms with Crippen molar-refractivity contribution in [2.45, 2.75) is 51.3 Å². The van der Waals surface area contributed by atoms with E-state index in [4.69, 9.17) is 10.5 Å². The predicted octanol–water partition coefficient (Wildman–Crippen LogP) is 3.09. The van der Waals surface area contributed by atoms with Crippen molar-refractivity contribution in [1.82, 2.24) is 4.90 Å². The maximum absolute atomic E-state index is 12.4. The van der Waals surface area contributed by atoms with E-state index < -0.39 is 5.60 Å². The molecular formula is C16H24N2O2. The van der Waals surface area contributed by atoms with Gasteiger partial charge in [-0.3, -0.25) is 4.90 Å². The molecule has 110 valence electrons. The summed E-state index contributed by atoms with van der Waals surface area (Å²) in [6.07, 6.45) is 1.57. The number of piperidine rings is 1. The molecule has 1 heterocycles. The van der Waals surface area contributed by atoms with E-state index in [1.54, 1.807) is 4.90 Å². The Kier molecular flexibility index (Phi) is 4.33. The van der Waals surface area contributed by atoms with Crippen LogP contribution in [0.5, 0.6) is 0 Å². The number of benzene rings is 1. The van der Waals surface area contributed by atoms with E-state index in [1.165, 1.54) is 0 Å². The second-order valence-corrected chi connectivity index (χ2v) is 6.34. The highest BCUT2D eigenvalue weighted by molar-refractivity contribution is 5.69. The molecule has 2 atom stereocenters. The molecule has 1 aromatic carbocycles. The fraction of sp³-hybridized carbons (Fsp3) is 0.562. The van der Waals surface area contributed by atoms with Crippen molar-refractivity contribution in [3.8, 4) is 0 Å². The van der Waals surface area contributed by atoms with E-state index in [9.17, 15) is 4.79 Å². The van der Waals surface area contributed by atoms with Gasteiger partial charge in [-0.2, -0.15) is 0 Å². The third-order valence-electron chi connectivity index (χ3n) is 3.45. The fourth-order valence-corrected chi connectivity index (χ4v) is 2.63. The number of rotatable bonds is 1. The number of nitrogens with zero attached hydrogens (tertiary/aromatic N) is 1. The monoisotopic (exact) mass is 276 g/mol. The average molecular weight is 276 g/mol. The van der Waals surface area contributed by atoms with Gasteiger partial charge in [-0.1, -0.05) is 30.3 Å². The van der Waals surface area contributed by atoms with Crippen molar-refractivity contribution in [1.29, 1.82) is 0 Å². The Morgan fingerprint density at radius 2 is 1.95 bits per heavy atom. The molecule has 0 saturated carbocycles. The molecular weight excluding hydrogens is 252 g/mol. The Bertz CT molecular complexity index is 453. The first-order valence-corrected chi connectivity index (χ1v) is 7.18.